The van der Waals surface area contributed by atoms with Crippen LogP contribution in [0, 0.1) is 0 Å². The number of hydrogen-bond acceptors (Lipinski definition) is 4. The van der Waals surface area contributed by atoms with Crippen LogP contribution in [0.4, 0.5) is 0 Å². The summed E-state index contributed by atoms with van der Waals surface area (Å²) in [6.07, 6.45) is 0. The van der Waals surface area contributed by atoms with Crippen LogP contribution < -0.4 is 5.32 Å². The maximum atomic E-state index is 9.74. The molecule has 1 rings (SSSR count). The number of likely N-dealkylation sites (N-methyl/N-ethyl adjacent to an activating group) is 1. The number of ether oxygens (including phenoxy) is 2. The van der Waals surface area contributed by atoms with E-state index in [4.69, 9.17) is 9.47 Å². The first kappa shape index (κ1) is 17.1. The molecule has 1 unspecified atom stereocenters. The summed E-state index contributed by atoms with van der Waals surface area (Å²) < 4.78 is 11.3. The van der Waals surface area contributed by atoms with Crippen LogP contribution in [0.5, 0.6) is 0 Å². The summed E-state index contributed by atoms with van der Waals surface area (Å²) in [7, 11) is 1.83. The third kappa shape index (κ3) is 5.21. The highest BCUT2D eigenvalue weighted by atomic mass is 16.5. The Morgan fingerprint density at radius 3 is 2.25 bits per heavy atom. The summed E-state index contributed by atoms with van der Waals surface area (Å²) in [6.45, 7) is 7.48. The first-order chi connectivity index (χ1) is 9.43. The van der Waals surface area contributed by atoms with E-state index in [1.54, 1.807) is 0 Å². The third-order valence-electron chi connectivity index (χ3n) is 3.19. The van der Waals surface area contributed by atoms with Gasteiger partial charge in [0.15, 0.2) is 0 Å². The van der Waals surface area contributed by atoms with E-state index in [0.29, 0.717) is 19.8 Å². The Balaban J connectivity index is 2.52. The molecule has 0 saturated carbocycles. The van der Waals surface area contributed by atoms with Crippen LogP contribution in [0.15, 0.2) is 30.3 Å². The largest absolute Gasteiger partial charge is 0.394 e. The van der Waals surface area contributed by atoms with Crippen molar-refractivity contribution >= 4 is 0 Å². The van der Waals surface area contributed by atoms with Crippen molar-refractivity contribution < 1.29 is 14.6 Å². The van der Waals surface area contributed by atoms with Gasteiger partial charge in [-0.05, 0) is 33.4 Å². The number of aliphatic hydroxyl groups is 1. The van der Waals surface area contributed by atoms with Gasteiger partial charge in [-0.25, -0.2) is 0 Å². The zero-order chi connectivity index (χ0) is 15.1. The molecule has 0 radical (unpaired) electrons. The Labute approximate surface area is 122 Å². The molecular weight excluding hydrogens is 254 g/mol. The Morgan fingerprint density at radius 1 is 1.10 bits per heavy atom. The van der Waals surface area contributed by atoms with Gasteiger partial charge in [0, 0.05) is 0 Å². The van der Waals surface area contributed by atoms with Gasteiger partial charge in [0.05, 0.1) is 37.6 Å². The van der Waals surface area contributed by atoms with Crippen molar-refractivity contribution in [2.45, 2.75) is 31.9 Å². The maximum absolute atomic E-state index is 9.74. The molecule has 1 atom stereocenters. The van der Waals surface area contributed by atoms with Crippen LogP contribution in [-0.2, 0) is 15.0 Å². The Hall–Kier alpha value is -0.940. The van der Waals surface area contributed by atoms with E-state index in [1.807, 2.05) is 58.2 Å². The van der Waals surface area contributed by atoms with E-state index < -0.39 is 5.54 Å². The van der Waals surface area contributed by atoms with Crippen molar-refractivity contribution in [3.63, 3.8) is 0 Å². The summed E-state index contributed by atoms with van der Waals surface area (Å²) in [5, 5.41) is 12.9. The monoisotopic (exact) mass is 281 g/mol. The molecule has 1 aromatic rings. The lowest BCUT2D eigenvalue weighted by Crippen LogP contribution is -2.47. The molecule has 2 N–H and O–H groups in total. The SMILES string of the molecule is CNC(CO)(COCCOC(C)(C)C)c1ccccc1. The lowest BCUT2D eigenvalue weighted by atomic mass is 9.92. The molecule has 0 bridgehead atoms. The molecule has 0 aliphatic heterocycles. The Morgan fingerprint density at radius 2 is 1.75 bits per heavy atom. The number of nitrogens with one attached hydrogen (secondary N) is 1. The van der Waals surface area contributed by atoms with Gasteiger partial charge < -0.3 is 19.9 Å². The molecule has 0 amide bonds. The highest BCUT2D eigenvalue weighted by Crippen LogP contribution is 2.20. The molecule has 4 nitrogen and oxygen atoms in total. The number of aliphatic hydroxyl groups excluding tert-OH is 1. The Bertz CT molecular complexity index is 369. The van der Waals surface area contributed by atoms with Gasteiger partial charge in [0.2, 0.25) is 0 Å². The average Bonchev–Trinajstić information content (AvgIpc) is 2.43. The van der Waals surface area contributed by atoms with Crippen LogP contribution in [0.25, 0.3) is 0 Å². The van der Waals surface area contributed by atoms with Gasteiger partial charge in [0.25, 0.3) is 0 Å². The zero-order valence-corrected chi connectivity index (χ0v) is 13.0. The highest BCUT2D eigenvalue weighted by Gasteiger charge is 2.29. The maximum Gasteiger partial charge on any atom is 0.0903 e. The average molecular weight is 281 g/mol. The minimum Gasteiger partial charge on any atom is -0.394 e. The van der Waals surface area contributed by atoms with Gasteiger partial charge in [-0.3, -0.25) is 0 Å². The van der Waals surface area contributed by atoms with Crippen molar-refractivity contribution in [3.05, 3.63) is 35.9 Å². The van der Waals surface area contributed by atoms with Crippen molar-refractivity contribution in [2.75, 3.05) is 33.5 Å². The van der Waals surface area contributed by atoms with Crippen molar-refractivity contribution in [3.8, 4) is 0 Å². The van der Waals surface area contributed by atoms with Crippen molar-refractivity contribution in [1.82, 2.24) is 5.32 Å². The summed E-state index contributed by atoms with van der Waals surface area (Å²) in [5.41, 5.74) is 0.296. The second-order valence-electron chi connectivity index (χ2n) is 5.87. The summed E-state index contributed by atoms with van der Waals surface area (Å²) in [5.74, 6) is 0. The van der Waals surface area contributed by atoms with Crippen LogP contribution in [0.1, 0.15) is 26.3 Å². The van der Waals surface area contributed by atoms with Crippen molar-refractivity contribution in [1.29, 1.82) is 0 Å². The van der Waals surface area contributed by atoms with E-state index in [9.17, 15) is 5.11 Å². The molecule has 0 aliphatic carbocycles. The lowest BCUT2D eigenvalue weighted by Gasteiger charge is -2.32. The van der Waals surface area contributed by atoms with Crippen LogP contribution in [0.2, 0.25) is 0 Å². The van der Waals surface area contributed by atoms with Gasteiger partial charge in [0.1, 0.15) is 0 Å². The minimum absolute atomic E-state index is 0.0202. The quantitative estimate of drug-likeness (QED) is 0.715. The smallest absolute Gasteiger partial charge is 0.0903 e. The standard InChI is InChI=1S/C16H27NO3/c1-15(2,3)20-11-10-19-13-16(12-18,17-4)14-8-6-5-7-9-14/h5-9,17-18H,10-13H2,1-4H3. The molecular formula is C16H27NO3. The molecule has 4 heteroatoms. The van der Waals surface area contributed by atoms with E-state index >= 15 is 0 Å². The fourth-order valence-corrected chi connectivity index (χ4v) is 1.93. The van der Waals surface area contributed by atoms with E-state index in [2.05, 4.69) is 5.32 Å². The minimum atomic E-state index is -0.566. The fraction of sp³-hybridized carbons (Fsp3) is 0.625. The molecule has 0 aliphatic rings. The molecule has 0 heterocycles. The van der Waals surface area contributed by atoms with Gasteiger partial charge in [-0.1, -0.05) is 30.3 Å². The normalized spacial score (nSPS) is 15.1. The summed E-state index contributed by atoms with van der Waals surface area (Å²) >= 11 is 0. The number of rotatable bonds is 8. The predicted molar refractivity (Wildman–Crippen MR) is 80.8 cm³/mol. The van der Waals surface area contributed by atoms with Crippen LogP contribution in [-0.4, -0.2) is 44.2 Å². The molecule has 0 spiro atoms. The predicted octanol–water partition coefficient (Wildman–Crippen LogP) is 1.93. The van der Waals surface area contributed by atoms with Crippen molar-refractivity contribution in [2.24, 2.45) is 0 Å². The van der Waals surface area contributed by atoms with Gasteiger partial charge in [-0.2, -0.15) is 0 Å². The number of hydrogen-bond donors (Lipinski definition) is 2. The molecule has 0 saturated heterocycles. The molecule has 0 aromatic heterocycles. The zero-order valence-electron chi connectivity index (χ0n) is 13.0. The van der Waals surface area contributed by atoms with Crippen LogP contribution in [0.3, 0.4) is 0 Å². The molecule has 1 aromatic carbocycles. The van der Waals surface area contributed by atoms with Gasteiger partial charge in [-0.15, -0.1) is 0 Å². The van der Waals surface area contributed by atoms with E-state index in [-0.39, 0.29) is 12.2 Å². The molecule has 0 fully saturated rings. The summed E-state index contributed by atoms with van der Waals surface area (Å²) in [4.78, 5) is 0. The van der Waals surface area contributed by atoms with Crippen LogP contribution >= 0.6 is 0 Å². The van der Waals surface area contributed by atoms with E-state index in [1.165, 1.54) is 0 Å². The molecule has 20 heavy (non-hydrogen) atoms. The topological polar surface area (TPSA) is 50.7 Å². The summed E-state index contributed by atoms with van der Waals surface area (Å²) in [6, 6.07) is 9.85. The van der Waals surface area contributed by atoms with E-state index in [0.717, 1.165) is 5.56 Å². The lowest BCUT2D eigenvalue weighted by molar-refractivity contribution is -0.0478. The highest BCUT2D eigenvalue weighted by molar-refractivity contribution is 5.24. The Kier molecular flexibility index (Phi) is 6.62. The fourth-order valence-electron chi connectivity index (χ4n) is 1.93. The third-order valence-corrected chi connectivity index (χ3v) is 3.19. The van der Waals surface area contributed by atoms with Gasteiger partial charge >= 0.3 is 0 Å². The first-order valence-corrected chi connectivity index (χ1v) is 7.00. The second kappa shape index (κ2) is 7.74. The molecule has 114 valence electrons. The first-order valence-electron chi connectivity index (χ1n) is 7.00. The number of benzene rings is 1. The second-order valence-corrected chi connectivity index (χ2v) is 5.87.